The number of H-pyrrole nitrogens is 1. The molecule has 0 amide bonds. The van der Waals surface area contributed by atoms with Crippen molar-refractivity contribution in [2.75, 3.05) is 26.0 Å². The second-order valence-corrected chi connectivity index (χ2v) is 7.33. The molecular weight excluding hydrogens is 366 g/mol. The zero-order chi connectivity index (χ0) is 17.4. The lowest BCUT2D eigenvalue weighted by molar-refractivity contribution is 0.182. The number of thiophene rings is 1. The van der Waals surface area contributed by atoms with Crippen molar-refractivity contribution in [2.24, 2.45) is 4.99 Å². The minimum atomic E-state index is -0.443. The number of nitrogens with one attached hydrogen (secondary N) is 1. The van der Waals surface area contributed by atoms with E-state index < -0.39 is 5.56 Å². The second-order valence-electron chi connectivity index (χ2n) is 4.81. The Kier molecular flexibility index (Phi) is 7.70. The summed E-state index contributed by atoms with van der Waals surface area (Å²) in [4.78, 5) is 20.0. The summed E-state index contributed by atoms with van der Waals surface area (Å²) in [6.45, 7) is 1.31. The van der Waals surface area contributed by atoms with Crippen LogP contribution in [0.5, 0.6) is 5.88 Å². The van der Waals surface area contributed by atoms with E-state index in [1.807, 2.05) is 6.07 Å². The molecule has 130 valence electrons. The molecule has 9 heteroatoms. The number of ether oxygens (including phenoxy) is 1. The first-order chi connectivity index (χ1) is 11.6. The molecule has 0 saturated heterocycles. The Morgan fingerprint density at radius 3 is 3.12 bits per heavy atom. The molecule has 0 bridgehead atoms. The van der Waals surface area contributed by atoms with Crippen LogP contribution in [0.3, 0.4) is 0 Å². The van der Waals surface area contributed by atoms with Crippen LogP contribution in [-0.4, -0.2) is 46.9 Å². The van der Waals surface area contributed by atoms with E-state index in [1.165, 1.54) is 15.7 Å². The highest BCUT2D eigenvalue weighted by Gasteiger charge is 2.10. The number of aliphatic imine (C=N–C) groups is 1. The molecular formula is C15H19N3O3S3. The summed E-state index contributed by atoms with van der Waals surface area (Å²) < 4.78 is 6.56. The van der Waals surface area contributed by atoms with Crippen molar-refractivity contribution < 1.29 is 9.84 Å². The minimum absolute atomic E-state index is 0.114. The quantitative estimate of drug-likeness (QED) is 0.394. The number of rotatable bonds is 9. The van der Waals surface area contributed by atoms with Gasteiger partial charge in [0.2, 0.25) is 5.88 Å². The van der Waals surface area contributed by atoms with Gasteiger partial charge in [0.05, 0.1) is 13.2 Å². The van der Waals surface area contributed by atoms with Crippen molar-refractivity contribution in [3.63, 3.8) is 0 Å². The predicted molar refractivity (Wildman–Crippen MR) is 102 cm³/mol. The van der Waals surface area contributed by atoms with Crippen molar-refractivity contribution in [1.82, 2.24) is 9.55 Å². The molecule has 2 N–H and O–H groups in total. The van der Waals surface area contributed by atoms with E-state index in [4.69, 9.17) is 17.0 Å². The molecule has 0 fully saturated rings. The van der Waals surface area contributed by atoms with Gasteiger partial charge in [-0.05, 0) is 23.7 Å². The lowest BCUT2D eigenvalue weighted by Crippen LogP contribution is -2.20. The van der Waals surface area contributed by atoms with Crippen LogP contribution in [0, 0.1) is 4.77 Å². The van der Waals surface area contributed by atoms with Crippen LogP contribution in [-0.2, 0) is 17.0 Å². The smallest absolute Gasteiger partial charge is 0.264 e. The summed E-state index contributed by atoms with van der Waals surface area (Å²) in [6.07, 6.45) is 1.40. The summed E-state index contributed by atoms with van der Waals surface area (Å²) in [5.74, 6) is 1.62. The van der Waals surface area contributed by atoms with Gasteiger partial charge in [-0.3, -0.25) is 19.3 Å². The maximum absolute atomic E-state index is 11.9. The van der Waals surface area contributed by atoms with Gasteiger partial charge in [0.25, 0.3) is 5.56 Å². The van der Waals surface area contributed by atoms with Crippen LogP contribution in [0.25, 0.3) is 0 Å². The number of aromatic hydroxyl groups is 1. The fraction of sp³-hybridized carbons (Fsp3) is 0.400. The normalized spacial score (nSPS) is 11.4. The minimum Gasteiger partial charge on any atom is -0.494 e. The average molecular weight is 386 g/mol. The van der Waals surface area contributed by atoms with Crippen LogP contribution >= 0.6 is 35.3 Å². The summed E-state index contributed by atoms with van der Waals surface area (Å²) in [6, 6.07) is 4.14. The first kappa shape index (κ1) is 18.9. The molecule has 2 heterocycles. The Bertz CT molecular complexity index is 781. The van der Waals surface area contributed by atoms with Crippen LogP contribution in [0.2, 0.25) is 0 Å². The van der Waals surface area contributed by atoms with E-state index in [0.29, 0.717) is 19.7 Å². The van der Waals surface area contributed by atoms with Crippen molar-refractivity contribution in [1.29, 1.82) is 0 Å². The largest absolute Gasteiger partial charge is 0.494 e. The number of thioether (sulfide) groups is 1. The van der Waals surface area contributed by atoms with Crippen molar-refractivity contribution in [3.05, 3.63) is 43.1 Å². The zero-order valence-electron chi connectivity index (χ0n) is 13.2. The van der Waals surface area contributed by atoms with Crippen LogP contribution in [0.4, 0.5) is 0 Å². The highest BCUT2D eigenvalue weighted by Crippen LogP contribution is 2.16. The third kappa shape index (κ3) is 5.30. The number of methoxy groups -OCH3 is 1. The fourth-order valence-electron chi connectivity index (χ4n) is 1.92. The standard InChI is InChI=1S/C15H19N3O3S3/c1-21-6-5-18-14(20)12(13(19)17-15(18)22)9-16-4-8-23-10-11-3-2-7-24-11/h2-3,7,9,20H,4-6,8,10H2,1H3,(H,17,19,22). The average Bonchev–Trinajstić information content (AvgIpc) is 3.06. The van der Waals surface area contributed by atoms with Gasteiger partial charge in [-0.25, -0.2) is 0 Å². The Morgan fingerprint density at radius 1 is 1.58 bits per heavy atom. The van der Waals surface area contributed by atoms with E-state index in [1.54, 1.807) is 30.2 Å². The van der Waals surface area contributed by atoms with Crippen molar-refractivity contribution >= 4 is 41.5 Å². The van der Waals surface area contributed by atoms with Gasteiger partial charge in [0.1, 0.15) is 5.56 Å². The molecule has 0 aliphatic rings. The summed E-state index contributed by atoms with van der Waals surface area (Å²) in [5, 5.41) is 12.3. The molecule has 0 saturated carbocycles. The van der Waals surface area contributed by atoms with E-state index in [2.05, 4.69) is 21.4 Å². The summed E-state index contributed by atoms with van der Waals surface area (Å²) in [5.41, 5.74) is -0.330. The summed E-state index contributed by atoms with van der Waals surface area (Å²) in [7, 11) is 1.56. The molecule has 0 unspecified atom stereocenters. The molecule has 2 aromatic heterocycles. The van der Waals surface area contributed by atoms with Crippen LogP contribution in [0.15, 0.2) is 27.3 Å². The van der Waals surface area contributed by atoms with E-state index in [9.17, 15) is 9.90 Å². The maximum atomic E-state index is 11.9. The van der Waals surface area contributed by atoms with Gasteiger partial charge in [-0.1, -0.05) is 6.07 Å². The Morgan fingerprint density at radius 2 is 2.42 bits per heavy atom. The first-order valence-corrected chi connectivity index (χ1v) is 9.72. The van der Waals surface area contributed by atoms with Crippen molar-refractivity contribution in [3.8, 4) is 5.88 Å². The number of aromatic nitrogens is 2. The van der Waals surface area contributed by atoms with Gasteiger partial charge in [0.15, 0.2) is 4.77 Å². The molecule has 0 aromatic carbocycles. The molecule has 6 nitrogen and oxygen atoms in total. The molecule has 0 atom stereocenters. The van der Waals surface area contributed by atoms with Crippen LogP contribution < -0.4 is 5.56 Å². The Labute approximate surface area is 153 Å². The monoisotopic (exact) mass is 385 g/mol. The van der Waals surface area contributed by atoms with Crippen LogP contribution in [0.1, 0.15) is 10.4 Å². The molecule has 2 aromatic rings. The second kappa shape index (κ2) is 9.77. The van der Waals surface area contributed by atoms with Gasteiger partial charge >= 0.3 is 0 Å². The molecule has 0 spiro atoms. The topological polar surface area (TPSA) is 79.6 Å². The first-order valence-electron chi connectivity index (χ1n) is 7.28. The number of hydrogen-bond donors (Lipinski definition) is 2. The molecule has 0 aliphatic heterocycles. The van der Waals surface area contributed by atoms with Gasteiger partial charge in [0, 0.05) is 36.3 Å². The predicted octanol–water partition coefficient (Wildman–Crippen LogP) is 2.67. The van der Waals surface area contributed by atoms with Crippen molar-refractivity contribution in [2.45, 2.75) is 12.3 Å². The highest BCUT2D eigenvalue weighted by molar-refractivity contribution is 7.98. The summed E-state index contributed by atoms with van der Waals surface area (Å²) >= 11 is 8.57. The number of hydrogen-bond acceptors (Lipinski definition) is 7. The lowest BCUT2D eigenvalue weighted by atomic mass is 10.3. The van der Waals surface area contributed by atoms with Gasteiger partial charge in [-0.2, -0.15) is 11.8 Å². The van der Waals surface area contributed by atoms with E-state index >= 15 is 0 Å². The van der Waals surface area contributed by atoms with Gasteiger partial charge < -0.3 is 9.84 Å². The molecule has 0 aliphatic carbocycles. The zero-order valence-corrected chi connectivity index (χ0v) is 15.7. The molecule has 2 rings (SSSR count). The van der Waals surface area contributed by atoms with Gasteiger partial charge in [-0.15, -0.1) is 11.3 Å². The third-order valence-electron chi connectivity index (χ3n) is 3.14. The Balaban J connectivity index is 1.95. The van der Waals surface area contributed by atoms with E-state index in [0.717, 1.165) is 11.5 Å². The maximum Gasteiger partial charge on any atom is 0.264 e. The SMILES string of the molecule is COCCn1c(O)c(C=NCCSCc2cccs2)c(=O)[nH]c1=S. The highest BCUT2D eigenvalue weighted by atomic mass is 32.2. The number of aromatic amines is 1. The third-order valence-corrected chi connectivity index (χ3v) is 5.50. The molecule has 24 heavy (non-hydrogen) atoms. The molecule has 0 radical (unpaired) electrons. The lowest BCUT2D eigenvalue weighted by Gasteiger charge is -2.10. The number of nitrogens with zero attached hydrogens (tertiary/aromatic N) is 2. The Hall–Kier alpha value is -1.42. The van der Waals surface area contributed by atoms with E-state index in [-0.39, 0.29) is 16.2 Å². The fourth-order valence-corrected chi connectivity index (χ4v) is 3.88.